The van der Waals surface area contributed by atoms with Gasteiger partial charge in [0, 0.05) is 31.3 Å². The van der Waals surface area contributed by atoms with Crippen LogP contribution in [0.1, 0.15) is 38.8 Å². The second kappa shape index (κ2) is 7.87. The zero-order valence-corrected chi connectivity index (χ0v) is 16.1. The van der Waals surface area contributed by atoms with E-state index in [1.807, 2.05) is 0 Å². The summed E-state index contributed by atoms with van der Waals surface area (Å²) in [5.41, 5.74) is -1.82. The lowest BCUT2D eigenvalue weighted by molar-refractivity contribution is -0.146. The minimum atomic E-state index is -1.22. The van der Waals surface area contributed by atoms with Crippen molar-refractivity contribution < 1.29 is 24.2 Å². The number of hydrogen-bond acceptors (Lipinski definition) is 6. The SMILES string of the molecule is Cc1cn([C@H]2C[C@@H](C(=O)O)N(CCNC(=O)OC(C)(C)C)C2=O)c(=O)[nH]c1=O. The summed E-state index contributed by atoms with van der Waals surface area (Å²) < 4.78 is 6.12. The molecule has 1 saturated heterocycles. The number of carboxylic acids is 1. The Balaban J connectivity index is 2.14. The van der Waals surface area contributed by atoms with Crippen molar-refractivity contribution in [3.05, 3.63) is 32.6 Å². The van der Waals surface area contributed by atoms with Crippen LogP contribution in [0.25, 0.3) is 0 Å². The molecule has 2 heterocycles. The van der Waals surface area contributed by atoms with Crippen molar-refractivity contribution in [3.8, 4) is 0 Å². The number of carbonyl (C=O) groups excluding carboxylic acids is 2. The van der Waals surface area contributed by atoms with Crippen LogP contribution >= 0.6 is 0 Å². The second-order valence-electron chi connectivity index (χ2n) is 7.54. The van der Waals surface area contributed by atoms with Crippen LogP contribution in [0.3, 0.4) is 0 Å². The maximum atomic E-state index is 12.7. The maximum absolute atomic E-state index is 12.7. The standard InChI is InChI=1S/C17H24N4O7/c1-9-8-21(15(26)19-12(9)22)10-7-11(14(24)25)20(13(10)23)6-5-18-16(27)28-17(2,3)4/h8,10-11H,5-7H2,1-4H3,(H,18,27)(H,24,25)(H,19,22,26)/t10-,11-/m0/s1. The molecule has 0 radical (unpaired) electrons. The number of aromatic nitrogens is 2. The first-order valence-corrected chi connectivity index (χ1v) is 8.73. The molecule has 1 aromatic heterocycles. The first-order valence-electron chi connectivity index (χ1n) is 8.73. The molecule has 1 aliphatic heterocycles. The second-order valence-corrected chi connectivity index (χ2v) is 7.54. The number of amides is 2. The van der Waals surface area contributed by atoms with Crippen molar-refractivity contribution in [3.63, 3.8) is 0 Å². The molecule has 0 spiro atoms. The summed E-state index contributed by atoms with van der Waals surface area (Å²) in [4.78, 5) is 62.8. The minimum Gasteiger partial charge on any atom is -0.480 e. The molecule has 1 aliphatic rings. The quantitative estimate of drug-likeness (QED) is 0.612. The monoisotopic (exact) mass is 396 g/mol. The van der Waals surface area contributed by atoms with Gasteiger partial charge in [-0.05, 0) is 27.7 Å². The predicted octanol–water partition coefficient (Wildman–Crippen LogP) is -0.404. The van der Waals surface area contributed by atoms with E-state index in [-0.39, 0.29) is 25.1 Å². The van der Waals surface area contributed by atoms with Gasteiger partial charge < -0.3 is 20.1 Å². The smallest absolute Gasteiger partial charge is 0.407 e. The zero-order chi connectivity index (χ0) is 21.2. The van der Waals surface area contributed by atoms with Crippen LogP contribution in [-0.4, -0.2) is 62.3 Å². The molecule has 2 amide bonds. The maximum Gasteiger partial charge on any atom is 0.407 e. The van der Waals surface area contributed by atoms with E-state index >= 15 is 0 Å². The van der Waals surface area contributed by atoms with Gasteiger partial charge in [0.25, 0.3) is 5.56 Å². The Morgan fingerprint density at radius 1 is 1.32 bits per heavy atom. The van der Waals surface area contributed by atoms with E-state index in [1.165, 1.54) is 13.1 Å². The molecule has 154 valence electrons. The zero-order valence-electron chi connectivity index (χ0n) is 16.1. The molecule has 28 heavy (non-hydrogen) atoms. The fourth-order valence-corrected chi connectivity index (χ4v) is 2.93. The number of hydrogen-bond donors (Lipinski definition) is 3. The van der Waals surface area contributed by atoms with Crippen molar-refractivity contribution in [1.29, 1.82) is 0 Å². The Labute approximate surface area is 160 Å². The Hall–Kier alpha value is -3.11. The van der Waals surface area contributed by atoms with E-state index in [9.17, 15) is 29.1 Å². The van der Waals surface area contributed by atoms with Crippen LogP contribution in [-0.2, 0) is 14.3 Å². The van der Waals surface area contributed by atoms with Gasteiger partial charge in [-0.1, -0.05) is 0 Å². The number of carboxylic acid groups (broad SMARTS) is 1. The number of H-pyrrole nitrogens is 1. The molecule has 1 fully saturated rings. The fraction of sp³-hybridized carbons (Fsp3) is 0.588. The lowest BCUT2D eigenvalue weighted by Crippen LogP contribution is -2.44. The van der Waals surface area contributed by atoms with Crippen LogP contribution in [0.4, 0.5) is 4.79 Å². The molecule has 2 rings (SSSR count). The summed E-state index contributed by atoms with van der Waals surface area (Å²) in [7, 11) is 0. The number of aryl methyl sites for hydroxylation is 1. The summed E-state index contributed by atoms with van der Waals surface area (Å²) in [6.45, 7) is 6.49. The van der Waals surface area contributed by atoms with Gasteiger partial charge in [0.05, 0.1) is 0 Å². The summed E-state index contributed by atoms with van der Waals surface area (Å²) in [6, 6.07) is -2.21. The molecule has 0 bridgehead atoms. The topological polar surface area (TPSA) is 151 Å². The molecule has 2 atom stereocenters. The minimum absolute atomic E-state index is 0.0172. The van der Waals surface area contributed by atoms with E-state index < -0.39 is 46.9 Å². The number of rotatable bonds is 5. The molecular weight excluding hydrogens is 372 g/mol. The van der Waals surface area contributed by atoms with Crippen LogP contribution in [0.15, 0.2) is 15.8 Å². The summed E-state index contributed by atoms with van der Waals surface area (Å²) in [5, 5.41) is 11.9. The third-order valence-electron chi connectivity index (χ3n) is 4.18. The van der Waals surface area contributed by atoms with Gasteiger partial charge in [0.2, 0.25) is 5.91 Å². The average molecular weight is 396 g/mol. The Bertz CT molecular complexity index is 896. The van der Waals surface area contributed by atoms with Gasteiger partial charge in [-0.3, -0.25) is 19.1 Å². The molecule has 0 unspecified atom stereocenters. The van der Waals surface area contributed by atoms with E-state index in [0.717, 1.165) is 9.47 Å². The molecule has 0 aliphatic carbocycles. The predicted molar refractivity (Wildman–Crippen MR) is 97.1 cm³/mol. The Morgan fingerprint density at radius 3 is 2.54 bits per heavy atom. The number of nitrogens with zero attached hydrogens (tertiary/aromatic N) is 2. The molecule has 0 saturated carbocycles. The van der Waals surface area contributed by atoms with Gasteiger partial charge in [-0.2, -0.15) is 0 Å². The number of carbonyl (C=O) groups is 3. The molecule has 3 N–H and O–H groups in total. The van der Waals surface area contributed by atoms with E-state index in [0.29, 0.717) is 0 Å². The molecular formula is C17H24N4O7. The first kappa shape index (κ1) is 21.2. The van der Waals surface area contributed by atoms with Gasteiger partial charge in [-0.25, -0.2) is 14.4 Å². The summed E-state index contributed by atoms with van der Waals surface area (Å²) in [5.74, 6) is -1.80. The third kappa shape index (κ3) is 4.78. The Kier molecular flexibility index (Phi) is 5.95. The highest BCUT2D eigenvalue weighted by atomic mass is 16.6. The summed E-state index contributed by atoms with van der Waals surface area (Å²) in [6.07, 6.45) is 0.423. The van der Waals surface area contributed by atoms with Crippen LogP contribution in [0.2, 0.25) is 0 Å². The summed E-state index contributed by atoms with van der Waals surface area (Å²) >= 11 is 0. The van der Waals surface area contributed by atoms with E-state index in [2.05, 4.69) is 10.3 Å². The highest BCUT2D eigenvalue weighted by Crippen LogP contribution is 2.27. The van der Waals surface area contributed by atoms with Crippen LogP contribution in [0, 0.1) is 6.92 Å². The lowest BCUT2D eigenvalue weighted by Gasteiger charge is -2.23. The molecule has 0 aromatic carbocycles. The van der Waals surface area contributed by atoms with Gasteiger partial charge in [0.15, 0.2) is 0 Å². The van der Waals surface area contributed by atoms with Gasteiger partial charge in [0.1, 0.15) is 17.7 Å². The highest BCUT2D eigenvalue weighted by molar-refractivity contribution is 5.90. The highest BCUT2D eigenvalue weighted by Gasteiger charge is 2.44. The number of aliphatic carboxylic acids is 1. The fourth-order valence-electron chi connectivity index (χ4n) is 2.93. The molecule has 11 nitrogen and oxygen atoms in total. The normalized spacial score (nSPS) is 19.6. The lowest BCUT2D eigenvalue weighted by atomic mass is 10.1. The van der Waals surface area contributed by atoms with Crippen molar-refractivity contribution in [2.24, 2.45) is 0 Å². The number of likely N-dealkylation sites (tertiary alicyclic amines) is 1. The molecule has 1 aromatic rings. The van der Waals surface area contributed by atoms with Crippen LogP contribution in [0.5, 0.6) is 0 Å². The van der Waals surface area contributed by atoms with E-state index in [4.69, 9.17) is 4.74 Å². The largest absolute Gasteiger partial charge is 0.480 e. The number of alkyl carbamates (subject to hydrolysis) is 1. The molecule has 11 heteroatoms. The van der Waals surface area contributed by atoms with E-state index in [1.54, 1.807) is 20.8 Å². The third-order valence-corrected chi connectivity index (χ3v) is 4.18. The van der Waals surface area contributed by atoms with Crippen molar-refractivity contribution in [2.75, 3.05) is 13.1 Å². The Morgan fingerprint density at radius 2 is 1.96 bits per heavy atom. The number of nitrogens with one attached hydrogen (secondary N) is 2. The van der Waals surface area contributed by atoms with Crippen LogP contribution < -0.4 is 16.6 Å². The van der Waals surface area contributed by atoms with Gasteiger partial charge >= 0.3 is 17.8 Å². The number of aromatic amines is 1. The van der Waals surface area contributed by atoms with Crippen molar-refractivity contribution in [1.82, 2.24) is 19.8 Å². The number of ether oxygens (including phenoxy) is 1. The van der Waals surface area contributed by atoms with Crippen molar-refractivity contribution >= 4 is 18.0 Å². The first-order chi connectivity index (χ1) is 12.9. The average Bonchev–Trinajstić information content (AvgIpc) is 2.86. The van der Waals surface area contributed by atoms with Crippen molar-refractivity contribution in [2.45, 2.75) is 51.8 Å². The van der Waals surface area contributed by atoms with Gasteiger partial charge in [-0.15, -0.1) is 0 Å².